The summed E-state index contributed by atoms with van der Waals surface area (Å²) in [6, 6.07) is 22.8. The molecule has 0 radical (unpaired) electrons. The Morgan fingerprint density at radius 3 is 1.08 bits per heavy atom. The highest BCUT2D eigenvalue weighted by Crippen LogP contribution is 2.45. The van der Waals surface area contributed by atoms with E-state index in [-0.39, 0.29) is 11.4 Å². The number of hydrogen-bond donors (Lipinski definition) is 0. The van der Waals surface area contributed by atoms with Gasteiger partial charge in [-0.2, -0.15) is 0 Å². The van der Waals surface area contributed by atoms with Gasteiger partial charge in [0.05, 0.1) is 24.6 Å². The van der Waals surface area contributed by atoms with E-state index in [1.165, 1.54) is 126 Å². The molecule has 8 nitrogen and oxygen atoms in total. The number of carbonyl (C=O) groups excluding carboxylic acids is 4. The molecular formula is C58H74N2O6. The maximum atomic E-state index is 14.6. The topological polar surface area (TPSA) is 93.2 Å². The van der Waals surface area contributed by atoms with Crippen LogP contribution < -0.4 is 19.3 Å². The van der Waals surface area contributed by atoms with Crippen LogP contribution in [0.1, 0.15) is 188 Å². The second-order valence-corrected chi connectivity index (χ2v) is 18.5. The third kappa shape index (κ3) is 12.5. The van der Waals surface area contributed by atoms with Crippen LogP contribution in [0.2, 0.25) is 0 Å². The highest BCUT2D eigenvalue weighted by atomic mass is 16.5. The minimum absolute atomic E-state index is 0.111. The number of nitrogens with zero attached hydrogens (tertiary/aromatic N) is 2. The Morgan fingerprint density at radius 2 is 0.758 bits per heavy atom. The number of allylic oxidation sites excluding steroid dienone is 2. The molecule has 6 rings (SSSR count). The molecule has 0 unspecified atom stereocenters. The van der Waals surface area contributed by atoms with Gasteiger partial charge < -0.3 is 9.47 Å². The number of Topliss-reactive ketones (excluding diaryl/α,β-unsaturated/α-hetero) is 2. The summed E-state index contributed by atoms with van der Waals surface area (Å²) in [5, 5.41) is 0. The van der Waals surface area contributed by atoms with Crippen molar-refractivity contribution in [1.29, 1.82) is 0 Å². The fourth-order valence-electron chi connectivity index (χ4n) is 9.60. The fourth-order valence-corrected chi connectivity index (χ4v) is 9.60. The largest absolute Gasteiger partial charge is 0.494 e. The lowest BCUT2D eigenvalue weighted by molar-refractivity contribution is -0.117. The number of amides is 2. The first-order valence-electron chi connectivity index (χ1n) is 25.3. The molecule has 352 valence electrons. The molecule has 4 aromatic carbocycles. The van der Waals surface area contributed by atoms with Gasteiger partial charge in [0.15, 0.2) is 0 Å². The molecule has 0 fully saturated rings. The Bertz CT molecular complexity index is 2200. The molecule has 0 atom stereocenters. The van der Waals surface area contributed by atoms with Crippen molar-refractivity contribution in [2.24, 2.45) is 0 Å². The van der Waals surface area contributed by atoms with E-state index in [0.29, 0.717) is 35.7 Å². The van der Waals surface area contributed by atoms with E-state index < -0.39 is 23.4 Å². The lowest BCUT2D eigenvalue weighted by atomic mass is 9.96. The van der Waals surface area contributed by atoms with E-state index in [9.17, 15) is 19.2 Å². The number of ether oxygens (including phenoxy) is 2. The molecule has 0 aromatic heterocycles. The smallest absolute Gasteiger partial charge is 0.228 e. The van der Waals surface area contributed by atoms with Crippen molar-refractivity contribution in [3.63, 3.8) is 0 Å². The Hall–Kier alpha value is -5.50. The van der Waals surface area contributed by atoms with E-state index >= 15 is 0 Å². The van der Waals surface area contributed by atoms with Gasteiger partial charge in [-0.1, -0.05) is 154 Å². The summed E-state index contributed by atoms with van der Waals surface area (Å²) in [7, 11) is 0. The molecule has 0 aliphatic carbocycles. The number of unbranched alkanes of at least 4 members (excludes halogenated alkanes) is 18. The lowest BCUT2D eigenvalue weighted by Crippen LogP contribution is -2.34. The number of carbonyl (C=O) groups is 4. The summed E-state index contributed by atoms with van der Waals surface area (Å²) in [5.41, 5.74) is 6.58. The molecule has 2 heterocycles. The first-order valence-corrected chi connectivity index (χ1v) is 25.3. The average Bonchev–Trinajstić information content (AvgIpc) is 3.76. The first kappa shape index (κ1) is 49.9. The monoisotopic (exact) mass is 895 g/mol. The van der Waals surface area contributed by atoms with Gasteiger partial charge in [-0.25, -0.2) is 0 Å². The van der Waals surface area contributed by atoms with Crippen molar-refractivity contribution in [2.75, 3.05) is 23.0 Å². The maximum Gasteiger partial charge on any atom is 0.228 e. The number of ketones is 2. The minimum Gasteiger partial charge on any atom is -0.494 e. The van der Waals surface area contributed by atoms with Gasteiger partial charge in [0.1, 0.15) is 22.9 Å². The number of hydrogen-bond acceptors (Lipinski definition) is 6. The summed E-state index contributed by atoms with van der Waals surface area (Å²) in [5.74, 6) is -0.219. The van der Waals surface area contributed by atoms with Gasteiger partial charge in [-0.05, 0) is 109 Å². The van der Waals surface area contributed by atoms with Crippen LogP contribution >= 0.6 is 0 Å². The first-order chi connectivity index (χ1) is 32.0. The molecule has 4 aromatic rings. The average molecular weight is 895 g/mol. The molecule has 0 saturated carbocycles. The second-order valence-electron chi connectivity index (χ2n) is 18.5. The number of rotatable bonds is 26. The van der Waals surface area contributed by atoms with Crippen molar-refractivity contribution >= 4 is 34.8 Å². The number of benzene rings is 4. The molecule has 2 amide bonds. The number of anilines is 2. The summed E-state index contributed by atoms with van der Waals surface area (Å²) < 4.78 is 12.2. The van der Waals surface area contributed by atoms with Crippen LogP contribution in [-0.2, 0) is 9.59 Å². The summed E-state index contributed by atoms with van der Waals surface area (Å²) in [4.78, 5) is 58.5. The summed E-state index contributed by atoms with van der Waals surface area (Å²) in [6.45, 7) is 12.6. The van der Waals surface area contributed by atoms with Crippen molar-refractivity contribution in [3.8, 4) is 33.8 Å². The molecule has 0 saturated heterocycles. The Morgan fingerprint density at radius 1 is 0.424 bits per heavy atom. The third-order valence-electron chi connectivity index (χ3n) is 13.2. The van der Waals surface area contributed by atoms with Crippen LogP contribution in [0.4, 0.5) is 11.4 Å². The minimum atomic E-state index is -0.483. The predicted molar refractivity (Wildman–Crippen MR) is 270 cm³/mol. The quantitative estimate of drug-likeness (QED) is 0.0460. The van der Waals surface area contributed by atoms with Gasteiger partial charge in [-0.3, -0.25) is 29.0 Å². The molecule has 2 aliphatic heterocycles. The van der Waals surface area contributed by atoms with Crippen LogP contribution in [0, 0.1) is 13.8 Å². The predicted octanol–water partition coefficient (Wildman–Crippen LogP) is 15.2. The van der Waals surface area contributed by atoms with Crippen LogP contribution in [0.15, 0.2) is 84.2 Å². The third-order valence-corrected chi connectivity index (χ3v) is 13.2. The van der Waals surface area contributed by atoms with Gasteiger partial charge in [0.2, 0.25) is 23.4 Å². The van der Waals surface area contributed by atoms with Crippen LogP contribution in [0.25, 0.3) is 22.3 Å². The Labute approximate surface area is 395 Å². The van der Waals surface area contributed by atoms with E-state index in [4.69, 9.17) is 9.47 Å². The van der Waals surface area contributed by atoms with Crippen molar-refractivity contribution in [2.45, 2.75) is 170 Å². The van der Waals surface area contributed by atoms with Gasteiger partial charge in [0, 0.05) is 25.0 Å². The molecule has 2 aliphatic rings. The molecule has 0 bridgehead atoms. The number of fused-ring (bicyclic) bond motifs is 2. The summed E-state index contributed by atoms with van der Waals surface area (Å²) >= 11 is 0. The standard InChI is InChI=1S/C58H74N2O6/c1-7-9-11-13-15-17-19-21-23-25-35-65-47-29-31-49(41(3)37-47)45-27-33-53-51(39-45)57(63)55(59(53)43(5)61)56-58(64)52-40-46(28-34-54(52)60(56)44(6)62)50-32-30-48(38-42(50)4)66-36-26-24-22-20-18-16-14-12-10-8-2/h27-34,37-40H,7-26,35-36H2,1-6H3/b56-55+. The van der Waals surface area contributed by atoms with Crippen molar-refractivity contribution in [1.82, 2.24) is 0 Å². The molecule has 66 heavy (non-hydrogen) atoms. The van der Waals surface area contributed by atoms with Gasteiger partial charge in [-0.15, -0.1) is 0 Å². The van der Waals surface area contributed by atoms with E-state index in [2.05, 4.69) is 13.8 Å². The number of aryl methyl sites for hydroxylation is 2. The summed E-state index contributed by atoms with van der Waals surface area (Å²) in [6.07, 6.45) is 25.5. The second kappa shape index (κ2) is 24.9. The maximum absolute atomic E-state index is 14.6. The van der Waals surface area contributed by atoms with E-state index in [1.807, 2.05) is 62.4 Å². The Balaban J connectivity index is 1.12. The molecule has 0 spiro atoms. The van der Waals surface area contributed by atoms with Crippen LogP contribution in [-0.4, -0.2) is 36.6 Å². The molecule has 8 heteroatoms. The van der Waals surface area contributed by atoms with E-state index in [0.717, 1.165) is 70.6 Å². The van der Waals surface area contributed by atoms with Crippen LogP contribution in [0.5, 0.6) is 11.5 Å². The zero-order chi connectivity index (χ0) is 47.0. The van der Waals surface area contributed by atoms with Crippen LogP contribution in [0.3, 0.4) is 0 Å². The fraction of sp³-hybridized carbons (Fsp3) is 0.483. The SMILES string of the molecule is CCCCCCCCCCCCOc1ccc(-c2ccc3c(c2)C(=O)/C(=C2/C(=O)c4cc(-c5ccc(OCCCCCCCCCCCC)cc5C)ccc4N2C(C)=O)N3C(C)=O)c(C)c1. The van der Waals surface area contributed by atoms with Crippen molar-refractivity contribution in [3.05, 3.63) is 106 Å². The van der Waals surface area contributed by atoms with Crippen molar-refractivity contribution < 1.29 is 28.7 Å². The highest BCUT2D eigenvalue weighted by Gasteiger charge is 2.45. The van der Waals surface area contributed by atoms with Gasteiger partial charge in [0.25, 0.3) is 0 Å². The van der Waals surface area contributed by atoms with E-state index in [1.54, 1.807) is 24.3 Å². The zero-order valence-electron chi connectivity index (χ0n) is 40.8. The highest BCUT2D eigenvalue weighted by molar-refractivity contribution is 6.34. The van der Waals surface area contributed by atoms with Gasteiger partial charge >= 0.3 is 0 Å². The Kier molecular flexibility index (Phi) is 18.8. The molecular weight excluding hydrogens is 821 g/mol. The lowest BCUT2D eigenvalue weighted by Gasteiger charge is -2.22. The zero-order valence-corrected chi connectivity index (χ0v) is 40.8. The normalized spacial score (nSPS) is 14.3. The molecule has 0 N–H and O–H groups in total.